The average molecular weight is 153 g/mol. The lowest BCUT2D eigenvalue weighted by Crippen LogP contribution is -2.34. The fraction of sp³-hybridized carbons (Fsp3) is 0.286. The summed E-state index contributed by atoms with van der Waals surface area (Å²) < 4.78 is 1.73. The molecule has 0 bridgehead atoms. The number of carboxylic acids is 1. The highest BCUT2D eigenvalue weighted by atomic mass is 16.4. The lowest BCUT2D eigenvalue weighted by Gasteiger charge is -1.92. The second-order valence-corrected chi connectivity index (χ2v) is 2.14. The van der Waals surface area contributed by atoms with Crippen LogP contribution in [0.4, 0.5) is 0 Å². The third-order valence-electron chi connectivity index (χ3n) is 1.25. The van der Waals surface area contributed by atoms with Gasteiger partial charge in [-0.05, 0) is 0 Å². The first kappa shape index (κ1) is 7.65. The molecule has 0 aromatic carbocycles. The standard InChI is InChI=1S/C7H8N2O2/c10-7(11)2-5-9-4-1-3-8-6-9/h1,3-4,6H,2,5H2/p+1. The van der Waals surface area contributed by atoms with Gasteiger partial charge in [0.2, 0.25) is 0 Å². The number of nitrogens with zero attached hydrogens (tertiary/aromatic N) is 2. The predicted molar refractivity (Wildman–Crippen MR) is 36.7 cm³/mol. The zero-order chi connectivity index (χ0) is 8.10. The van der Waals surface area contributed by atoms with Gasteiger partial charge in [0.1, 0.15) is 12.7 Å². The first-order chi connectivity index (χ1) is 5.29. The lowest BCUT2D eigenvalue weighted by atomic mass is 10.4. The smallest absolute Gasteiger partial charge is 0.307 e. The molecule has 0 aliphatic carbocycles. The Balaban J connectivity index is 2.45. The van der Waals surface area contributed by atoms with Gasteiger partial charge in [-0.1, -0.05) is 4.98 Å². The number of carboxylic acid groups (broad SMARTS) is 1. The van der Waals surface area contributed by atoms with Crippen LogP contribution in [-0.2, 0) is 11.3 Å². The molecule has 0 fully saturated rings. The summed E-state index contributed by atoms with van der Waals surface area (Å²) in [4.78, 5) is 14.0. The Kier molecular flexibility index (Phi) is 2.54. The zero-order valence-corrected chi connectivity index (χ0v) is 5.97. The van der Waals surface area contributed by atoms with Crippen LogP contribution in [0, 0.1) is 0 Å². The Hall–Kier alpha value is -1.45. The van der Waals surface area contributed by atoms with Crippen molar-refractivity contribution < 1.29 is 14.5 Å². The van der Waals surface area contributed by atoms with Crippen molar-refractivity contribution in [3.05, 3.63) is 24.8 Å². The van der Waals surface area contributed by atoms with E-state index >= 15 is 0 Å². The van der Waals surface area contributed by atoms with E-state index in [0.717, 1.165) is 0 Å². The molecule has 0 saturated carbocycles. The van der Waals surface area contributed by atoms with Crippen molar-refractivity contribution >= 4 is 5.97 Å². The number of carbonyl (C=O) groups is 1. The number of aliphatic carboxylic acids is 1. The van der Waals surface area contributed by atoms with Crippen LogP contribution in [0.2, 0.25) is 0 Å². The van der Waals surface area contributed by atoms with E-state index in [2.05, 4.69) is 4.98 Å². The summed E-state index contributed by atoms with van der Waals surface area (Å²) in [7, 11) is 0. The van der Waals surface area contributed by atoms with Gasteiger partial charge in [-0.2, -0.15) is 0 Å². The molecular formula is C7H9N2O2+. The van der Waals surface area contributed by atoms with Crippen molar-refractivity contribution in [2.45, 2.75) is 13.0 Å². The highest BCUT2D eigenvalue weighted by Crippen LogP contribution is 1.78. The summed E-state index contributed by atoms with van der Waals surface area (Å²) in [5.41, 5.74) is 0. The van der Waals surface area contributed by atoms with Crippen LogP contribution < -0.4 is 4.57 Å². The Morgan fingerprint density at radius 3 is 3.00 bits per heavy atom. The average Bonchev–Trinajstić information content (AvgIpc) is 2.03. The molecule has 0 unspecified atom stereocenters. The van der Waals surface area contributed by atoms with Gasteiger partial charge in [-0.15, -0.1) is 0 Å². The molecule has 58 valence electrons. The van der Waals surface area contributed by atoms with Crippen molar-refractivity contribution in [2.75, 3.05) is 0 Å². The molecule has 1 rings (SSSR count). The second kappa shape index (κ2) is 3.65. The van der Waals surface area contributed by atoms with E-state index in [1.165, 1.54) is 0 Å². The van der Waals surface area contributed by atoms with Crippen LogP contribution in [-0.4, -0.2) is 16.1 Å². The van der Waals surface area contributed by atoms with Crippen molar-refractivity contribution in [1.29, 1.82) is 0 Å². The van der Waals surface area contributed by atoms with Crippen LogP contribution in [0.3, 0.4) is 0 Å². The van der Waals surface area contributed by atoms with E-state index in [0.29, 0.717) is 6.54 Å². The molecule has 4 nitrogen and oxygen atoms in total. The summed E-state index contributed by atoms with van der Waals surface area (Å²) in [6.45, 7) is 0.475. The summed E-state index contributed by atoms with van der Waals surface area (Å²) in [6, 6.07) is 1.77. The van der Waals surface area contributed by atoms with Crippen LogP contribution in [0.1, 0.15) is 6.42 Å². The maximum atomic E-state index is 10.1. The van der Waals surface area contributed by atoms with Gasteiger partial charge < -0.3 is 5.11 Å². The Labute approximate surface area is 64.1 Å². The van der Waals surface area contributed by atoms with E-state index < -0.39 is 5.97 Å². The van der Waals surface area contributed by atoms with Gasteiger partial charge in [-0.25, -0.2) is 4.57 Å². The molecule has 1 aromatic rings. The summed E-state index contributed by atoms with van der Waals surface area (Å²) in [5.74, 6) is -0.790. The molecule has 1 heterocycles. The van der Waals surface area contributed by atoms with Crippen molar-refractivity contribution in [3.63, 3.8) is 0 Å². The van der Waals surface area contributed by atoms with E-state index in [-0.39, 0.29) is 6.42 Å². The molecular weight excluding hydrogens is 144 g/mol. The lowest BCUT2D eigenvalue weighted by molar-refractivity contribution is -0.698. The highest BCUT2D eigenvalue weighted by molar-refractivity contribution is 5.66. The monoisotopic (exact) mass is 153 g/mol. The summed E-state index contributed by atoms with van der Waals surface area (Å²) >= 11 is 0. The molecule has 1 aromatic heterocycles. The van der Waals surface area contributed by atoms with E-state index in [1.54, 1.807) is 29.4 Å². The number of hydrogen-bond acceptors (Lipinski definition) is 2. The van der Waals surface area contributed by atoms with Crippen LogP contribution in [0.5, 0.6) is 0 Å². The fourth-order valence-electron chi connectivity index (χ4n) is 0.718. The van der Waals surface area contributed by atoms with Crippen molar-refractivity contribution in [3.8, 4) is 0 Å². The molecule has 1 N–H and O–H groups in total. The Bertz CT molecular complexity index is 235. The van der Waals surface area contributed by atoms with E-state index in [9.17, 15) is 4.79 Å². The van der Waals surface area contributed by atoms with Gasteiger partial charge in [0.15, 0.2) is 0 Å². The highest BCUT2D eigenvalue weighted by Gasteiger charge is 2.00. The molecule has 0 amide bonds. The van der Waals surface area contributed by atoms with Crippen LogP contribution >= 0.6 is 0 Å². The molecule has 0 aliphatic heterocycles. The van der Waals surface area contributed by atoms with Crippen LogP contribution in [0.25, 0.3) is 0 Å². The first-order valence-corrected chi connectivity index (χ1v) is 3.30. The SMILES string of the molecule is O=C(O)CC[n+]1cccnc1. The summed E-state index contributed by atoms with van der Waals surface area (Å²) in [6.07, 6.45) is 5.17. The normalized spacial score (nSPS) is 9.45. The predicted octanol–water partition coefficient (Wildman–Crippen LogP) is -0.156. The fourth-order valence-corrected chi connectivity index (χ4v) is 0.718. The molecule has 0 aliphatic rings. The van der Waals surface area contributed by atoms with Gasteiger partial charge in [-0.3, -0.25) is 4.79 Å². The largest absolute Gasteiger partial charge is 0.481 e. The minimum atomic E-state index is -0.790. The molecule has 0 spiro atoms. The van der Waals surface area contributed by atoms with E-state index in [1.807, 2.05) is 0 Å². The number of hydrogen-bond donors (Lipinski definition) is 1. The molecule has 0 saturated heterocycles. The minimum Gasteiger partial charge on any atom is -0.481 e. The number of aromatic nitrogens is 2. The zero-order valence-electron chi connectivity index (χ0n) is 5.97. The van der Waals surface area contributed by atoms with Crippen molar-refractivity contribution in [1.82, 2.24) is 4.98 Å². The molecule has 4 heteroatoms. The maximum Gasteiger partial charge on any atom is 0.307 e. The van der Waals surface area contributed by atoms with Gasteiger partial charge >= 0.3 is 5.97 Å². The molecule has 0 atom stereocenters. The Morgan fingerprint density at radius 1 is 1.64 bits per heavy atom. The first-order valence-electron chi connectivity index (χ1n) is 3.30. The second-order valence-electron chi connectivity index (χ2n) is 2.14. The minimum absolute atomic E-state index is 0.135. The van der Waals surface area contributed by atoms with Crippen LogP contribution in [0.15, 0.2) is 24.8 Å². The van der Waals surface area contributed by atoms with Gasteiger partial charge in [0.05, 0.1) is 12.6 Å². The van der Waals surface area contributed by atoms with Crippen molar-refractivity contribution in [2.24, 2.45) is 0 Å². The van der Waals surface area contributed by atoms with Gasteiger partial charge in [0, 0.05) is 6.07 Å². The number of aryl methyl sites for hydroxylation is 1. The van der Waals surface area contributed by atoms with E-state index in [4.69, 9.17) is 5.11 Å². The third-order valence-corrected chi connectivity index (χ3v) is 1.25. The number of rotatable bonds is 3. The Morgan fingerprint density at radius 2 is 2.45 bits per heavy atom. The molecule has 0 radical (unpaired) electrons. The van der Waals surface area contributed by atoms with Gasteiger partial charge in [0.25, 0.3) is 6.33 Å². The maximum absolute atomic E-state index is 10.1. The summed E-state index contributed by atoms with van der Waals surface area (Å²) in [5, 5.41) is 8.34. The molecule has 11 heavy (non-hydrogen) atoms. The third kappa shape index (κ3) is 2.75. The quantitative estimate of drug-likeness (QED) is 0.614. The topological polar surface area (TPSA) is 54.1 Å².